The monoisotopic (exact) mass is 202 g/mol. The first-order valence-corrected chi connectivity index (χ1v) is 3.00. The molecule has 0 aromatic heterocycles. The molecule has 0 amide bonds. The van der Waals surface area contributed by atoms with Crippen molar-refractivity contribution in [3.63, 3.8) is 0 Å². The summed E-state index contributed by atoms with van der Waals surface area (Å²) >= 11 is 0. The van der Waals surface area contributed by atoms with Crippen molar-refractivity contribution < 1.29 is 9.85 Å². The number of benzene rings is 1. The van der Waals surface area contributed by atoms with Gasteiger partial charge in [-0.1, -0.05) is 12.1 Å². The summed E-state index contributed by atoms with van der Waals surface area (Å²) in [6, 6.07) is 4.95. The molecule has 0 heterocycles. The maximum Gasteiger partial charge on any atom is 0.346 e. The van der Waals surface area contributed by atoms with E-state index in [9.17, 15) is 20.2 Å². The summed E-state index contributed by atoms with van der Waals surface area (Å²) in [5.41, 5.74) is -0.968. The van der Waals surface area contributed by atoms with E-state index in [1.807, 2.05) is 0 Å². The molecule has 1 aromatic rings. The SMILES string of the molecule is O=[N+]([O-])c1ccccc1[N+](=O)[O-].S. The number of hydrogen-bond acceptors (Lipinski definition) is 4. The van der Waals surface area contributed by atoms with Crippen LogP contribution in [0.5, 0.6) is 0 Å². The summed E-state index contributed by atoms with van der Waals surface area (Å²) in [5, 5.41) is 20.5. The van der Waals surface area contributed by atoms with E-state index in [2.05, 4.69) is 0 Å². The summed E-state index contributed by atoms with van der Waals surface area (Å²) in [5.74, 6) is 0. The van der Waals surface area contributed by atoms with Gasteiger partial charge in [0.05, 0.1) is 9.85 Å². The van der Waals surface area contributed by atoms with Crippen LogP contribution in [0.3, 0.4) is 0 Å². The summed E-state index contributed by atoms with van der Waals surface area (Å²) in [6.07, 6.45) is 0. The predicted octanol–water partition coefficient (Wildman–Crippen LogP) is 1.62. The Kier molecular flexibility index (Phi) is 3.86. The van der Waals surface area contributed by atoms with E-state index < -0.39 is 21.2 Å². The molecule has 1 rings (SSSR count). The lowest BCUT2D eigenvalue weighted by molar-refractivity contribution is -0.422. The number of nitrogens with zero attached hydrogens (tertiary/aromatic N) is 2. The van der Waals surface area contributed by atoms with Crippen LogP contribution in [0.4, 0.5) is 11.4 Å². The maximum absolute atomic E-state index is 10.2. The lowest BCUT2D eigenvalue weighted by Gasteiger charge is -1.91. The summed E-state index contributed by atoms with van der Waals surface area (Å²) < 4.78 is 0. The van der Waals surface area contributed by atoms with Crippen molar-refractivity contribution in [3.8, 4) is 0 Å². The third-order valence-corrected chi connectivity index (χ3v) is 1.28. The topological polar surface area (TPSA) is 86.3 Å². The highest BCUT2D eigenvalue weighted by atomic mass is 32.1. The smallest absolute Gasteiger partial charge is 0.258 e. The molecule has 0 saturated carbocycles. The Hall–Kier alpha value is -1.63. The largest absolute Gasteiger partial charge is 0.346 e. The number of para-hydroxylation sites is 2. The highest BCUT2D eigenvalue weighted by Gasteiger charge is 2.21. The maximum atomic E-state index is 10.2. The number of nitro benzene ring substituents is 2. The highest BCUT2D eigenvalue weighted by molar-refractivity contribution is 7.59. The van der Waals surface area contributed by atoms with Crippen LogP contribution in [0.2, 0.25) is 0 Å². The Morgan fingerprint density at radius 3 is 1.46 bits per heavy atom. The molecule has 0 unspecified atom stereocenters. The van der Waals surface area contributed by atoms with Crippen LogP contribution in [0, 0.1) is 20.2 Å². The fourth-order valence-corrected chi connectivity index (χ4v) is 0.773. The van der Waals surface area contributed by atoms with Gasteiger partial charge in [0.25, 0.3) is 0 Å². The highest BCUT2D eigenvalue weighted by Crippen LogP contribution is 2.24. The fourth-order valence-electron chi connectivity index (χ4n) is 0.773. The van der Waals surface area contributed by atoms with Crippen LogP contribution in [-0.4, -0.2) is 9.85 Å². The average Bonchev–Trinajstić information content (AvgIpc) is 2.04. The van der Waals surface area contributed by atoms with Gasteiger partial charge >= 0.3 is 11.4 Å². The van der Waals surface area contributed by atoms with E-state index in [1.165, 1.54) is 12.1 Å². The van der Waals surface area contributed by atoms with Gasteiger partial charge in [0, 0.05) is 12.1 Å². The minimum Gasteiger partial charge on any atom is -0.258 e. The Bertz CT molecular complexity index is 308. The van der Waals surface area contributed by atoms with Crippen LogP contribution in [0.25, 0.3) is 0 Å². The van der Waals surface area contributed by atoms with Crippen LogP contribution < -0.4 is 0 Å². The van der Waals surface area contributed by atoms with Crippen molar-refractivity contribution in [2.75, 3.05) is 0 Å². The minimum absolute atomic E-state index is 0. The van der Waals surface area contributed by atoms with Gasteiger partial charge in [-0.05, 0) is 0 Å². The molecule has 70 valence electrons. The average molecular weight is 202 g/mol. The predicted molar refractivity (Wildman–Crippen MR) is 50.1 cm³/mol. The van der Waals surface area contributed by atoms with Crippen LogP contribution in [-0.2, 0) is 0 Å². The molecule has 0 N–H and O–H groups in total. The molecule has 0 radical (unpaired) electrons. The molecule has 0 atom stereocenters. The van der Waals surface area contributed by atoms with Crippen LogP contribution in [0.15, 0.2) is 24.3 Å². The van der Waals surface area contributed by atoms with E-state index >= 15 is 0 Å². The van der Waals surface area contributed by atoms with Gasteiger partial charge in [-0.25, -0.2) is 0 Å². The van der Waals surface area contributed by atoms with Gasteiger partial charge in [-0.2, -0.15) is 13.5 Å². The van der Waals surface area contributed by atoms with Crippen LogP contribution >= 0.6 is 13.5 Å². The van der Waals surface area contributed by atoms with E-state index in [-0.39, 0.29) is 13.5 Å². The zero-order valence-electron chi connectivity index (χ0n) is 6.34. The molecular formula is C6H6N2O4S. The van der Waals surface area contributed by atoms with Crippen molar-refractivity contribution >= 4 is 24.9 Å². The Morgan fingerprint density at radius 2 is 1.23 bits per heavy atom. The molecular weight excluding hydrogens is 196 g/mol. The van der Waals surface area contributed by atoms with Crippen molar-refractivity contribution in [2.24, 2.45) is 0 Å². The first-order chi connectivity index (χ1) is 5.63. The molecule has 0 aliphatic rings. The van der Waals surface area contributed by atoms with Crippen molar-refractivity contribution in [2.45, 2.75) is 0 Å². The second-order valence-electron chi connectivity index (χ2n) is 2.00. The number of nitro groups is 2. The number of rotatable bonds is 2. The second-order valence-corrected chi connectivity index (χ2v) is 2.00. The standard InChI is InChI=1S/C6H4N2O4.H2S/c9-7(10)5-3-1-2-4-6(5)8(11)12;/h1-4H;1H2. The van der Waals surface area contributed by atoms with Gasteiger partial charge < -0.3 is 0 Å². The van der Waals surface area contributed by atoms with E-state index in [0.717, 1.165) is 12.1 Å². The molecule has 6 nitrogen and oxygen atoms in total. The van der Waals surface area contributed by atoms with E-state index in [0.29, 0.717) is 0 Å². The summed E-state index contributed by atoms with van der Waals surface area (Å²) in [7, 11) is 0. The summed E-state index contributed by atoms with van der Waals surface area (Å²) in [4.78, 5) is 18.9. The van der Waals surface area contributed by atoms with Gasteiger partial charge in [-0.15, -0.1) is 0 Å². The molecule has 0 spiro atoms. The second kappa shape index (κ2) is 4.41. The van der Waals surface area contributed by atoms with Gasteiger partial charge in [0.1, 0.15) is 0 Å². The van der Waals surface area contributed by atoms with Gasteiger partial charge in [-0.3, -0.25) is 20.2 Å². The lowest BCUT2D eigenvalue weighted by Crippen LogP contribution is -1.95. The number of hydrogen-bond donors (Lipinski definition) is 0. The zero-order valence-corrected chi connectivity index (χ0v) is 7.34. The summed E-state index contributed by atoms with van der Waals surface area (Å²) in [6.45, 7) is 0. The lowest BCUT2D eigenvalue weighted by atomic mass is 10.3. The quantitative estimate of drug-likeness (QED) is 0.538. The molecule has 1 aromatic carbocycles. The van der Waals surface area contributed by atoms with Crippen molar-refractivity contribution in [1.29, 1.82) is 0 Å². The Balaban J connectivity index is 0.00000144. The Labute approximate surface area is 79.9 Å². The van der Waals surface area contributed by atoms with Gasteiger partial charge in [0.15, 0.2) is 0 Å². The fraction of sp³-hybridized carbons (Fsp3) is 0. The third-order valence-electron chi connectivity index (χ3n) is 1.28. The first-order valence-electron chi connectivity index (χ1n) is 3.00. The molecule has 0 aliphatic heterocycles. The molecule has 13 heavy (non-hydrogen) atoms. The Morgan fingerprint density at radius 1 is 0.923 bits per heavy atom. The first kappa shape index (κ1) is 11.4. The van der Waals surface area contributed by atoms with Gasteiger partial charge in [0.2, 0.25) is 0 Å². The molecule has 0 fully saturated rings. The molecule has 0 bridgehead atoms. The normalized spacial score (nSPS) is 8.62. The van der Waals surface area contributed by atoms with Crippen molar-refractivity contribution in [3.05, 3.63) is 44.5 Å². The minimum atomic E-state index is -0.780. The van der Waals surface area contributed by atoms with E-state index in [1.54, 1.807) is 0 Å². The molecule has 0 aliphatic carbocycles. The van der Waals surface area contributed by atoms with Crippen LogP contribution in [0.1, 0.15) is 0 Å². The molecule has 0 saturated heterocycles. The third kappa shape index (κ3) is 2.41. The zero-order chi connectivity index (χ0) is 9.14. The van der Waals surface area contributed by atoms with E-state index in [4.69, 9.17) is 0 Å². The van der Waals surface area contributed by atoms with Crippen molar-refractivity contribution in [1.82, 2.24) is 0 Å². The molecule has 7 heteroatoms.